The van der Waals surface area contributed by atoms with Crippen LogP contribution in [0.15, 0.2) is 0 Å². The first-order valence-electron chi connectivity index (χ1n) is 2.51. The molecular weight excluding hydrogens is 147 g/mol. The number of hydrogen-bond acceptors (Lipinski definition) is 1. The van der Waals surface area contributed by atoms with Gasteiger partial charge < -0.3 is 5.32 Å². The molecule has 1 N–H and O–H groups in total. The zero-order valence-electron chi connectivity index (χ0n) is 5.33. The van der Waals surface area contributed by atoms with E-state index in [0.29, 0.717) is 0 Å². The molecule has 0 saturated heterocycles. The highest BCUT2D eigenvalue weighted by molar-refractivity contribution is 5.73. The van der Waals surface area contributed by atoms with Crippen LogP contribution in [-0.4, -0.2) is 18.1 Å². The van der Waals surface area contributed by atoms with Crippen LogP contribution in [0.2, 0.25) is 0 Å². The van der Waals surface area contributed by atoms with Gasteiger partial charge in [-0.15, -0.1) is 0 Å². The molecule has 59 valence electrons. The van der Waals surface area contributed by atoms with Crippen LogP contribution >= 0.6 is 0 Å². The molecule has 2 nitrogen and oxygen atoms in total. The van der Waals surface area contributed by atoms with Gasteiger partial charge in [-0.05, 0) is 6.92 Å². The van der Waals surface area contributed by atoms with Crippen molar-refractivity contribution in [3.8, 4) is 0 Å². The van der Waals surface area contributed by atoms with E-state index in [4.69, 9.17) is 0 Å². The van der Waals surface area contributed by atoms with E-state index in [1.165, 1.54) is 0 Å². The van der Waals surface area contributed by atoms with E-state index in [2.05, 4.69) is 6.92 Å². The van der Waals surface area contributed by atoms with Crippen molar-refractivity contribution in [1.29, 1.82) is 0 Å². The van der Waals surface area contributed by atoms with E-state index in [9.17, 15) is 18.0 Å². The number of rotatable bonds is 1. The van der Waals surface area contributed by atoms with Gasteiger partial charge in [0.2, 0.25) is 5.91 Å². The van der Waals surface area contributed by atoms with Crippen molar-refractivity contribution in [3.05, 3.63) is 6.92 Å². The fourth-order valence-electron chi connectivity index (χ4n) is 0.327. The van der Waals surface area contributed by atoms with Gasteiger partial charge in [-0.3, -0.25) is 4.79 Å². The van der Waals surface area contributed by atoms with Gasteiger partial charge in [-0.1, -0.05) is 0 Å². The van der Waals surface area contributed by atoms with Gasteiger partial charge in [0.15, 0.2) is 0 Å². The second-order valence-electron chi connectivity index (χ2n) is 1.79. The first-order chi connectivity index (χ1) is 4.34. The Labute approximate surface area is 56.4 Å². The molecule has 0 saturated carbocycles. The average molecular weight is 154 g/mol. The normalized spacial score (nSPS) is 14.5. The summed E-state index contributed by atoms with van der Waals surface area (Å²) in [5.41, 5.74) is 0. The lowest BCUT2D eigenvalue weighted by Crippen LogP contribution is -2.42. The number of halogens is 3. The van der Waals surface area contributed by atoms with E-state index >= 15 is 0 Å². The molecular formula is C5H7F3NO. The van der Waals surface area contributed by atoms with E-state index in [1.807, 2.05) is 0 Å². The Morgan fingerprint density at radius 2 is 2.00 bits per heavy atom. The highest BCUT2D eigenvalue weighted by atomic mass is 19.4. The molecule has 0 heterocycles. The second-order valence-corrected chi connectivity index (χ2v) is 1.79. The van der Waals surface area contributed by atoms with Crippen LogP contribution in [0.3, 0.4) is 0 Å². The first-order valence-corrected chi connectivity index (χ1v) is 2.51. The monoisotopic (exact) mass is 154 g/mol. The quantitative estimate of drug-likeness (QED) is 0.597. The Bertz CT molecular complexity index is 131. The predicted octanol–water partition coefficient (Wildman–Crippen LogP) is 0.887. The summed E-state index contributed by atoms with van der Waals surface area (Å²) in [7, 11) is 0. The third-order valence-electron chi connectivity index (χ3n) is 0.773. The molecule has 0 aliphatic rings. The molecule has 0 aromatic rings. The summed E-state index contributed by atoms with van der Waals surface area (Å²) in [4.78, 5) is 10.0. The molecule has 10 heavy (non-hydrogen) atoms. The third-order valence-corrected chi connectivity index (χ3v) is 0.773. The molecule has 0 rings (SSSR count). The van der Waals surface area contributed by atoms with Gasteiger partial charge in [0.25, 0.3) is 0 Å². The van der Waals surface area contributed by atoms with Crippen molar-refractivity contribution in [2.24, 2.45) is 0 Å². The van der Waals surface area contributed by atoms with Crippen molar-refractivity contribution in [1.82, 2.24) is 5.32 Å². The minimum absolute atomic E-state index is 0.739. The number of amides is 1. The maximum atomic E-state index is 11.5. The van der Waals surface area contributed by atoms with Crippen LogP contribution in [0.4, 0.5) is 13.2 Å². The molecule has 0 aliphatic heterocycles. The molecule has 1 unspecified atom stereocenters. The maximum absolute atomic E-state index is 11.5. The van der Waals surface area contributed by atoms with E-state index in [-0.39, 0.29) is 0 Å². The molecule has 5 heteroatoms. The van der Waals surface area contributed by atoms with Crippen LogP contribution in [0.5, 0.6) is 0 Å². The van der Waals surface area contributed by atoms with Crippen molar-refractivity contribution >= 4 is 5.91 Å². The van der Waals surface area contributed by atoms with Gasteiger partial charge in [-0.25, -0.2) is 0 Å². The summed E-state index contributed by atoms with van der Waals surface area (Å²) >= 11 is 0. The summed E-state index contributed by atoms with van der Waals surface area (Å²) in [5, 5.41) is 1.61. The molecule has 0 spiro atoms. The van der Waals surface area contributed by atoms with Crippen molar-refractivity contribution in [3.63, 3.8) is 0 Å². The first kappa shape index (κ1) is 9.26. The minimum Gasteiger partial charge on any atom is -0.345 e. The Balaban J connectivity index is 3.85. The summed E-state index contributed by atoms with van der Waals surface area (Å²) in [5.74, 6) is -0.739. The van der Waals surface area contributed by atoms with Gasteiger partial charge in [0.1, 0.15) is 6.04 Å². The number of alkyl halides is 3. The topological polar surface area (TPSA) is 29.1 Å². The number of carbonyl (C=O) groups excluding carboxylic acids is 1. The maximum Gasteiger partial charge on any atom is 0.408 e. The van der Waals surface area contributed by atoms with Crippen LogP contribution in [0.25, 0.3) is 0 Å². The number of carbonyl (C=O) groups is 1. The Morgan fingerprint density at radius 3 is 2.10 bits per heavy atom. The summed E-state index contributed by atoms with van der Waals surface area (Å²) in [6.45, 7) is 3.70. The molecule has 0 fully saturated rings. The molecule has 1 amide bonds. The summed E-state index contributed by atoms with van der Waals surface area (Å²) < 4.78 is 34.6. The molecule has 1 radical (unpaired) electrons. The third kappa shape index (κ3) is 3.32. The molecule has 0 aromatic carbocycles. The smallest absolute Gasteiger partial charge is 0.345 e. The Kier molecular flexibility index (Phi) is 2.68. The highest BCUT2D eigenvalue weighted by Gasteiger charge is 2.36. The fraction of sp³-hybridized carbons (Fsp3) is 0.600. The van der Waals surface area contributed by atoms with E-state index in [1.54, 1.807) is 5.32 Å². The lowest BCUT2D eigenvalue weighted by atomic mass is 10.3. The van der Waals surface area contributed by atoms with Crippen molar-refractivity contribution in [2.75, 3.05) is 0 Å². The lowest BCUT2D eigenvalue weighted by Gasteiger charge is -2.15. The van der Waals surface area contributed by atoms with E-state index < -0.39 is 18.1 Å². The van der Waals surface area contributed by atoms with Gasteiger partial charge in [0, 0.05) is 6.92 Å². The molecule has 0 aromatic heterocycles. The Morgan fingerprint density at radius 1 is 1.60 bits per heavy atom. The van der Waals surface area contributed by atoms with E-state index in [0.717, 1.165) is 6.92 Å². The van der Waals surface area contributed by atoms with Crippen LogP contribution in [0.1, 0.15) is 6.92 Å². The van der Waals surface area contributed by atoms with Crippen LogP contribution in [-0.2, 0) is 4.79 Å². The molecule has 0 aliphatic carbocycles. The van der Waals surface area contributed by atoms with Crippen LogP contribution < -0.4 is 5.32 Å². The van der Waals surface area contributed by atoms with Crippen LogP contribution in [0, 0.1) is 6.92 Å². The number of nitrogens with one attached hydrogen (secondary N) is 1. The number of hydrogen-bond donors (Lipinski definition) is 1. The SMILES string of the molecule is [CH2]C(NC(C)=O)C(F)(F)F. The van der Waals surface area contributed by atoms with Gasteiger partial charge >= 0.3 is 6.18 Å². The Hall–Kier alpha value is -0.740. The van der Waals surface area contributed by atoms with Crippen molar-refractivity contribution in [2.45, 2.75) is 19.1 Å². The standard InChI is InChI=1S/C5H7F3NO/c1-3(5(6,7)8)9-4(2)10/h3H,1H2,2H3,(H,9,10). The average Bonchev–Trinajstić information content (AvgIpc) is 1.60. The zero-order chi connectivity index (χ0) is 8.36. The molecule has 0 bridgehead atoms. The fourth-order valence-corrected chi connectivity index (χ4v) is 0.327. The largest absolute Gasteiger partial charge is 0.408 e. The summed E-state index contributed by atoms with van der Waals surface area (Å²) in [6.07, 6.45) is -4.45. The summed E-state index contributed by atoms with van der Waals surface area (Å²) in [6, 6.07) is -2.01. The van der Waals surface area contributed by atoms with Gasteiger partial charge in [-0.2, -0.15) is 13.2 Å². The lowest BCUT2D eigenvalue weighted by molar-refractivity contribution is -0.152. The predicted molar refractivity (Wildman–Crippen MR) is 29.0 cm³/mol. The minimum atomic E-state index is -4.45. The molecule has 1 atom stereocenters. The zero-order valence-corrected chi connectivity index (χ0v) is 5.33. The van der Waals surface area contributed by atoms with Gasteiger partial charge in [0.05, 0.1) is 0 Å². The highest BCUT2D eigenvalue weighted by Crippen LogP contribution is 2.18. The second kappa shape index (κ2) is 2.90. The van der Waals surface area contributed by atoms with Crippen molar-refractivity contribution < 1.29 is 18.0 Å².